The number of nitrogens with zero attached hydrogens (tertiary/aromatic N) is 1. The Morgan fingerprint density at radius 1 is 1.17 bits per heavy atom. The first-order valence-electron chi connectivity index (χ1n) is 7.87. The van der Waals surface area contributed by atoms with Crippen molar-refractivity contribution in [3.8, 4) is 0 Å². The highest BCUT2D eigenvalue weighted by atomic mass is 19.1. The lowest BCUT2D eigenvalue weighted by Gasteiger charge is -2.27. The molecule has 1 aliphatic heterocycles. The molecule has 0 aliphatic carbocycles. The van der Waals surface area contributed by atoms with E-state index in [1.807, 2.05) is 44.2 Å². The summed E-state index contributed by atoms with van der Waals surface area (Å²) in [5.41, 5.74) is 2.30. The van der Waals surface area contributed by atoms with E-state index in [0.29, 0.717) is 18.7 Å². The zero-order valence-corrected chi connectivity index (χ0v) is 13.5. The topological polar surface area (TPSA) is 32.3 Å². The highest BCUT2D eigenvalue weighted by Crippen LogP contribution is 2.28. The second-order valence-corrected chi connectivity index (χ2v) is 6.55. The van der Waals surface area contributed by atoms with Crippen molar-refractivity contribution in [1.82, 2.24) is 5.32 Å². The molecule has 0 fully saturated rings. The van der Waals surface area contributed by atoms with E-state index in [2.05, 4.69) is 5.32 Å². The van der Waals surface area contributed by atoms with Gasteiger partial charge in [0.1, 0.15) is 5.82 Å². The Morgan fingerprint density at radius 2 is 1.87 bits per heavy atom. The Morgan fingerprint density at radius 3 is 2.65 bits per heavy atom. The smallest absolute Gasteiger partial charge is 0.321 e. The third-order valence-electron chi connectivity index (χ3n) is 4.42. The van der Waals surface area contributed by atoms with Crippen LogP contribution in [-0.4, -0.2) is 19.1 Å². The Balaban J connectivity index is 1.69. The van der Waals surface area contributed by atoms with Gasteiger partial charge in [-0.25, -0.2) is 9.18 Å². The van der Waals surface area contributed by atoms with Crippen molar-refractivity contribution in [2.24, 2.45) is 0 Å². The number of para-hydroxylation sites is 1. The number of benzene rings is 2. The first kappa shape index (κ1) is 15.5. The van der Waals surface area contributed by atoms with Crippen LogP contribution in [0, 0.1) is 5.82 Å². The van der Waals surface area contributed by atoms with E-state index in [1.165, 1.54) is 11.6 Å². The van der Waals surface area contributed by atoms with Crippen LogP contribution in [0.15, 0.2) is 48.5 Å². The van der Waals surface area contributed by atoms with Crippen LogP contribution in [0.4, 0.5) is 14.9 Å². The highest BCUT2D eigenvalue weighted by molar-refractivity contribution is 5.94. The van der Waals surface area contributed by atoms with Crippen LogP contribution < -0.4 is 10.2 Å². The summed E-state index contributed by atoms with van der Waals surface area (Å²) in [5, 5.41) is 2.95. The number of hydrogen-bond donors (Lipinski definition) is 1. The maximum absolute atomic E-state index is 14.0. The van der Waals surface area contributed by atoms with Gasteiger partial charge in [-0.2, -0.15) is 0 Å². The molecule has 1 N–H and O–H groups in total. The molecule has 2 aromatic carbocycles. The number of carbonyl (C=O) groups excluding carboxylic acids is 1. The quantitative estimate of drug-likeness (QED) is 0.916. The molecule has 0 aromatic heterocycles. The number of nitrogens with one attached hydrogen (secondary N) is 1. The number of halogens is 1. The fourth-order valence-corrected chi connectivity index (χ4v) is 3.05. The summed E-state index contributed by atoms with van der Waals surface area (Å²) in [6.45, 7) is 4.93. The van der Waals surface area contributed by atoms with E-state index in [4.69, 9.17) is 0 Å². The van der Waals surface area contributed by atoms with E-state index < -0.39 is 5.41 Å². The van der Waals surface area contributed by atoms with Crippen molar-refractivity contribution in [3.05, 3.63) is 65.5 Å². The molecule has 0 saturated heterocycles. The Labute approximate surface area is 136 Å². The summed E-state index contributed by atoms with van der Waals surface area (Å²) in [5.74, 6) is -0.238. The second kappa shape index (κ2) is 6.03. The zero-order valence-electron chi connectivity index (χ0n) is 13.5. The summed E-state index contributed by atoms with van der Waals surface area (Å²) in [6.07, 6.45) is 0.875. The molecule has 120 valence electrons. The first-order valence-corrected chi connectivity index (χ1v) is 7.87. The van der Waals surface area contributed by atoms with Crippen LogP contribution in [0.25, 0.3) is 0 Å². The van der Waals surface area contributed by atoms with Crippen molar-refractivity contribution in [1.29, 1.82) is 0 Å². The summed E-state index contributed by atoms with van der Waals surface area (Å²) >= 11 is 0. The molecular weight excluding hydrogens is 291 g/mol. The number of amides is 2. The van der Waals surface area contributed by atoms with Gasteiger partial charge in [0.25, 0.3) is 0 Å². The lowest BCUT2D eigenvalue weighted by molar-refractivity contribution is 0.244. The lowest BCUT2D eigenvalue weighted by atomic mass is 9.84. The fourth-order valence-electron chi connectivity index (χ4n) is 3.05. The summed E-state index contributed by atoms with van der Waals surface area (Å²) in [6, 6.07) is 14.5. The molecule has 0 atom stereocenters. The summed E-state index contributed by atoms with van der Waals surface area (Å²) in [4.78, 5) is 14.2. The van der Waals surface area contributed by atoms with E-state index in [-0.39, 0.29) is 11.8 Å². The van der Waals surface area contributed by atoms with Crippen LogP contribution in [0.1, 0.15) is 25.0 Å². The van der Waals surface area contributed by atoms with E-state index >= 15 is 0 Å². The molecule has 0 radical (unpaired) electrons. The first-order chi connectivity index (χ1) is 11.0. The Kier molecular flexibility index (Phi) is 4.07. The molecule has 1 heterocycles. The van der Waals surface area contributed by atoms with Gasteiger partial charge in [0.05, 0.1) is 0 Å². The van der Waals surface area contributed by atoms with Gasteiger partial charge >= 0.3 is 6.03 Å². The van der Waals surface area contributed by atoms with Crippen LogP contribution >= 0.6 is 0 Å². The third-order valence-corrected chi connectivity index (χ3v) is 4.42. The van der Waals surface area contributed by atoms with Crippen LogP contribution in [0.2, 0.25) is 0 Å². The number of carbonyl (C=O) groups is 1. The maximum Gasteiger partial charge on any atom is 0.321 e. The average molecular weight is 312 g/mol. The molecule has 1 aliphatic rings. The minimum absolute atomic E-state index is 0.126. The Hall–Kier alpha value is -2.36. The van der Waals surface area contributed by atoms with Gasteiger partial charge in [-0.15, -0.1) is 0 Å². The van der Waals surface area contributed by atoms with Crippen molar-refractivity contribution in [3.63, 3.8) is 0 Å². The molecule has 0 unspecified atom stereocenters. The third kappa shape index (κ3) is 3.07. The van der Waals surface area contributed by atoms with E-state index in [1.54, 1.807) is 17.0 Å². The molecular formula is C19H21FN2O. The predicted octanol–water partition coefficient (Wildman–Crippen LogP) is 3.88. The average Bonchev–Trinajstić information content (AvgIpc) is 2.97. The summed E-state index contributed by atoms with van der Waals surface area (Å²) < 4.78 is 14.0. The SMILES string of the molecule is CC(C)(CNC(=O)N1CCc2ccccc21)c1ccccc1F. The molecule has 2 amide bonds. The molecule has 4 heteroatoms. The molecule has 3 rings (SSSR count). The zero-order chi connectivity index (χ0) is 16.4. The second-order valence-electron chi connectivity index (χ2n) is 6.55. The number of anilines is 1. The van der Waals surface area contributed by atoms with Gasteiger partial charge in [-0.1, -0.05) is 50.2 Å². The van der Waals surface area contributed by atoms with Crippen molar-refractivity contribution in [2.45, 2.75) is 25.7 Å². The maximum atomic E-state index is 14.0. The van der Waals surface area contributed by atoms with Gasteiger partial charge < -0.3 is 5.32 Å². The minimum atomic E-state index is -0.472. The van der Waals surface area contributed by atoms with Gasteiger partial charge in [0, 0.05) is 24.2 Å². The fraction of sp³-hybridized carbons (Fsp3) is 0.316. The van der Waals surface area contributed by atoms with Crippen molar-refractivity contribution in [2.75, 3.05) is 18.0 Å². The minimum Gasteiger partial charge on any atom is -0.337 e. The molecule has 0 spiro atoms. The van der Waals surface area contributed by atoms with Crippen molar-refractivity contribution < 1.29 is 9.18 Å². The summed E-state index contributed by atoms with van der Waals surface area (Å²) in [7, 11) is 0. The van der Waals surface area contributed by atoms with Gasteiger partial charge in [-0.05, 0) is 29.7 Å². The number of urea groups is 1. The molecule has 23 heavy (non-hydrogen) atoms. The number of rotatable bonds is 3. The molecule has 2 aromatic rings. The van der Waals surface area contributed by atoms with Gasteiger partial charge in [0.15, 0.2) is 0 Å². The largest absolute Gasteiger partial charge is 0.337 e. The van der Waals surface area contributed by atoms with Gasteiger partial charge in [-0.3, -0.25) is 4.90 Å². The number of fused-ring (bicyclic) bond motifs is 1. The van der Waals surface area contributed by atoms with Crippen LogP contribution in [-0.2, 0) is 11.8 Å². The predicted molar refractivity (Wildman–Crippen MR) is 90.3 cm³/mol. The van der Waals surface area contributed by atoms with E-state index in [0.717, 1.165) is 12.1 Å². The molecule has 3 nitrogen and oxygen atoms in total. The van der Waals surface area contributed by atoms with E-state index in [9.17, 15) is 9.18 Å². The number of hydrogen-bond acceptors (Lipinski definition) is 1. The van der Waals surface area contributed by atoms with Gasteiger partial charge in [0.2, 0.25) is 0 Å². The molecule has 0 saturated carbocycles. The van der Waals surface area contributed by atoms with Crippen LogP contribution in [0.5, 0.6) is 0 Å². The van der Waals surface area contributed by atoms with Crippen LogP contribution in [0.3, 0.4) is 0 Å². The molecule has 0 bridgehead atoms. The Bertz CT molecular complexity index is 727. The normalized spacial score (nSPS) is 13.8. The van der Waals surface area contributed by atoms with Crippen molar-refractivity contribution >= 4 is 11.7 Å². The monoisotopic (exact) mass is 312 g/mol. The highest BCUT2D eigenvalue weighted by Gasteiger charge is 2.28. The standard InChI is InChI=1S/C19H21FN2O/c1-19(2,15-8-4-5-9-16(15)20)13-21-18(23)22-12-11-14-7-3-6-10-17(14)22/h3-10H,11-13H2,1-2H3,(H,21,23). The lowest BCUT2D eigenvalue weighted by Crippen LogP contribution is -2.44.